The summed E-state index contributed by atoms with van der Waals surface area (Å²) in [5.74, 6) is 0. The smallest absolute Gasteiger partial charge is 0.336 e. The van der Waals surface area contributed by atoms with Crippen molar-refractivity contribution in [3.63, 3.8) is 0 Å². The maximum Gasteiger partial charge on any atom is 0.417 e. The minimum absolute atomic E-state index is 0.266. The molecule has 1 rings (SSSR count). The first-order valence-corrected chi connectivity index (χ1v) is 7.58. The molecular weight excluding hydrogens is 325 g/mol. The lowest BCUT2D eigenvalue weighted by Gasteiger charge is -2.38. The molecule has 24 heavy (non-hydrogen) atoms. The van der Waals surface area contributed by atoms with Crippen LogP contribution < -0.4 is 16.2 Å². The first-order chi connectivity index (χ1) is 11.1. The largest absolute Gasteiger partial charge is 0.417 e. The third-order valence-corrected chi connectivity index (χ3v) is 4.32. The molecule has 0 aliphatic carbocycles. The maximum atomic E-state index is 12.7. The third-order valence-electron chi connectivity index (χ3n) is 4.32. The molecular formula is C15H23F3N4O2. The molecule has 1 aromatic rings. The average molecular weight is 348 g/mol. The van der Waals surface area contributed by atoms with E-state index in [1.165, 1.54) is 0 Å². The summed E-state index contributed by atoms with van der Waals surface area (Å²) < 4.78 is 38.0. The number of rotatable bonds is 6. The van der Waals surface area contributed by atoms with Crippen LogP contribution in [0.15, 0.2) is 17.1 Å². The summed E-state index contributed by atoms with van der Waals surface area (Å²) >= 11 is 0. The van der Waals surface area contributed by atoms with Crippen LogP contribution in [0.2, 0.25) is 0 Å². The number of nitrogens with zero attached hydrogens (tertiary/aromatic N) is 1. The maximum absolute atomic E-state index is 12.7. The fourth-order valence-corrected chi connectivity index (χ4v) is 2.44. The Kier molecular flexibility index (Phi) is 6.42. The molecule has 0 aliphatic rings. The van der Waals surface area contributed by atoms with Gasteiger partial charge in [-0.15, -0.1) is 0 Å². The predicted molar refractivity (Wildman–Crippen MR) is 86.1 cm³/mol. The van der Waals surface area contributed by atoms with Gasteiger partial charge < -0.3 is 20.5 Å². The van der Waals surface area contributed by atoms with Crippen molar-refractivity contribution in [1.82, 2.24) is 15.2 Å². The predicted octanol–water partition coefficient (Wildman–Crippen LogP) is 2.64. The molecule has 0 fully saturated rings. The van der Waals surface area contributed by atoms with Crippen molar-refractivity contribution in [2.24, 2.45) is 0 Å². The number of urea groups is 1. The van der Waals surface area contributed by atoms with Gasteiger partial charge in [0.15, 0.2) is 0 Å². The standard InChI is InChI=1S/C15H23F3N4O2/c1-5-14(6-2,22(3)4)9-20-13(24)21-11-7-10(15(16,17)18)8-19-12(11)23/h7-8H,5-6,9H2,1-4H3,(H,19,23)(H2,20,21,24). The van der Waals surface area contributed by atoms with Crippen molar-refractivity contribution in [2.45, 2.75) is 38.4 Å². The molecule has 0 aliphatic heterocycles. The number of carbonyl (C=O) groups is 1. The van der Waals surface area contributed by atoms with Crippen LogP contribution in [-0.2, 0) is 6.18 Å². The van der Waals surface area contributed by atoms with Gasteiger partial charge in [0, 0.05) is 18.3 Å². The van der Waals surface area contributed by atoms with E-state index in [0.717, 1.165) is 12.8 Å². The number of halogens is 3. The Balaban J connectivity index is 2.84. The number of likely N-dealkylation sites (N-methyl/N-ethyl adjacent to an activating group) is 1. The summed E-state index contributed by atoms with van der Waals surface area (Å²) in [7, 11) is 3.79. The topological polar surface area (TPSA) is 77.2 Å². The molecule has 0 atom stereocenters. The van der Waals surface area contributed by atoms with E-state index in [-0.39, 0.29) is 5.54 Å². The zero-order chi connectivity index (χ0) is 18.5. The number of anilines is 1. The number of hydrogen-bond acceptors (Lipinski definition) is 3. The molecule has 136 valence electrons. The molecule has 0 spiro atoms. The van der Waals surface area contributed by atoms with E-state index in [1.807, 2.05) is 37.8 Å². The first kappa shape index (κ1) is 20.0. The number of H-pyrrole nitrogens is 1. The van der Waals surface area contributed by atoms with E-state index in [0.29, 0.717) is 18.8 Å². The minimum atomic E-state index is -4.61. The SMILES string of the molecule is CCC(CC)(CNC(=O)Nc1cc(C(F)(F)F)c[nH]c1=O)N(C)C. The Labute approximate surface area is 138 Å². The van der Waals surface area contributed by atoms with E-state index >= 15 is 0 Å². The molecule has 1 heterocycles. The van der Waals surface area contributed by atoms with Gasteiger partial charge in [-0.3, -0.25) is 4.79 Å². The van der Waals surface area contributed by atoms with Crippen LogP contribution in [-0.4, -0.2) is 42.1 Å². The van der Waals surface area contributed by atoms with Crippen molar-refractivity contribution >= 4 is 11.7 Å². The quantitative estimate of drug-likeness (QED) is 0.740. The monoisotopic (exact) mass is 348 g/mol. The molecule has 9 heteroatoms. The van der Waals surface area contributed by atoms with Crippen LogP contribution in [0.4, 0.5) is 23.7 Å². The normalized spacial score (nSPS) is 12.3. The Morgan fingerprint density at radius 2 is 1.83 bits per heavy atom. The summed E-state index contributed by atoms with van der Waals surface area (Å²) in [6.07, 6.45) is -2.49. The summed E-state index contributed by atoms with van der Waals surface area (Å²) in [6.45, 7) is 4.27. The van der Waals surface area contributed by atoms with Crippen molar-refractivity contribution in [2.75, 3.05) is 26.0 Å². The van der Waals surface area contributed by atoms with E-state index in [4.69, 9.17) is 0 Å². The number of pyridine rings is 1. The van der Waals surface area contributed by atoms with E-state index < -0.39 is 29.0 Å². The lowest BCUT2D eigenvalue weighted by Crippen LogP contribution is -2.52. The van der Waals surface area contributed by atoms with Gasteiger partial charge in [0.05, 0.1) is 5.56 Å². The zero-order valence-corrected chi connectivity index (χ0v) is 14.2. The Bertz CT molecular complexity index is 622. The van der Waals surface area contributed by atoms with Gasteiger partial charge in [-0.2, -0.15) is 13.2 Å². The van der Waals surface area contributed by atoms with E-state index in [2.05, 4.69) is 10.6 Å². The number of hydrogen-bond donors (Lipinski definition) is 3. The second-order valence-electron chi connectivity index (χ2n) is 5.76. The molecule has 3 N–H and O–H groups in total. The zero-order valence-electron chi connectivity index (χ0n) is 14.2. The molecule has 0 radical (unpaired) electrons. The number of aromatic amines is 1. The lowest BCUT2D eigenvalue weighted by molar-refractivity contribution is -0.137. The van der Waals surface area contributed by atoms with Crippen LogP contribution in [0.1, 0.15) is 32.3 Å². The third kappa shape index (κ3) is 4.73. The number of carbonyl (C=O) groups excluding carboxylic acids is 1. The highest BCUT2D eigenvalue weighted by Gasteiger charge is 2.32. The van der Waals surface area contributed by atoms with E-state index in [9.17, 15) is 22.8 Å². The van der Waals surface area contributed by atoms with Crippen molar-refractivity contribution < 1.29 is 18.0 Å². The van der Waals surface area contributed by atoms with Crippen LogP contribution in [0.25, 0.3) is 0 Å². The highest BCUT2D eigenvalue weighted by atomic mass is 19.4. The molecule has 2 amide bonds. The Hall–Kier alpha value is -2.03. The summed E-state index contributed by atoms with van der Waals surface area (Å²) in [5.41, 5.74) is -2.56. The molecule has 0 saturated carbocycles. The highest BCUT2D eigenvalue weighted by molar-refractivity contribution is 5.89. The molecule has 1 aromatic heterocycles. The van der Waals surface area contributed by atoms with Crippen molar-refractivity contribution in [3.8, 4) is 0 Å². The molecule has 6 nitrogen and oxygen atoms in total. The van der Waals surface area contributed by atoms with Gasteiger partial charge in [-0.05, 0) is 33.0 Å². The van der Waals surface area contributed by atoms with Crippen LogP contribution in [0.3, 0.4) is 0 Å². The van der Waals surface area contributed by atoms with Gasteiger partial charge in [-0.25, -0.2) is 4.79 Å². The number of amides is 2. The fourth-order valence-electron chi connectivity index (χ4n) is 2.44. The number of alkyl halides is 3. The first-order valence-electron chi connectivity index (χ1n) is 7.58. The summed E-state index contributed by atoms with van der Waals surface area (Å²) in [5, 5.41) is 4.79. The van der Waals surface area contributed by atoms with Gasteiger partial charge in [0.25, 0.3) is 5.56 Å². The van der Waals surface area contributed by atoms with Gasteiger partial charge in [0.2, 0.25) is 0 Å². The van der Waals surface area contributed by atoms with Gasteiger partial charge >= 0.3 is 12.2 Å². The fraction of sp³-hybridized carbons (Fsp3) is 0.600. The lowest BCUT2D eigenvalue weighted by atomic mass is 9.91. The van der Waals surface area contributed by atoms with Crippen molar-refractivity contribution in [1.29, 1.82) is 0 Å². The van der Waals surface area contributed by atoms with E-state index in [1.54, 1.807) is 0 Å². The minimum Gasteiger partial charge on any atom is -0.336 e. The molecule has 0 bridgehead atoms. The number of nitrogens with one attached hydrogen (secondary N) is 3. The summed E-state index contributed by atoms with van der Waals surface area (Å²) in [4.78, 5) is 27.5. The second kappa shape index (κ2) is 7.69. The number of aromatic nitrogens is 1. The molecule has 0 unspecified atom stereocenters. The van der Waals surface area contributed by atoms with Gasteiger partial charge in [-0.1, -0.05) is 13.8 Å². The van der Waals surface area contributed by atoms with Gasteiger partial charge in [0.1, 0.15) is 5.69 Å². The van der Waals surface area contributed by atoms with Crippen LogP contribution >= 0.6 is 0 Å². The van der Waals surface area contributed by atoms with Crippen LogP contribution in [0.5, 0.6) is 0 Å². The summed E-state index contributed by atoms with van der Waals surface area (Å²) in [6, 6.07) is -0.120. The molecule has 0 saturated heterocycles. The second-order valence-corrected chi connectivity index (χ2v) is 5.76. The highest BCUT2D eigenvalue weighted by Crippen LogP contribution is 2.29. The van der Waals surface area contributed by atoms with Crippen LogP contribution in [0, 0.1) is 0 Å². The Morgan fingerprint density at radius 3 is 2.29 bits per heavy atom. The van der Waals surface area contributed by atoms with Crippen molar-refractivity contribution in [3.05, 3.63) is 28.2 Å². The molecule has 0 aromatic carbocycles. The average Bonchev–Trinajstić information content (AvgIpc) is 2.49. The Morgan fingerprint density at radius 1 is 1.25 bits per heavy atom.